The van der Waals surface area contributed by atoms with Crippen molar-refractivity contribution in [1.82, 2.24) is 19.7 Å². The number of halogens is 1. The van der Waals surface area contributed by atoms with Crippen molar-refractivity contribution < 1.29 is 14.5 Å². The van der Waals surface area contributed by atoms with E-state index < -0.39 is 4.92 Å². The predicted molar refractivity (Wildman–Crippen MR) is 119 cm³/mol. The number of hydrogen-bond donors (Lipinski definition) is 1. The average Bonchev–Trinajstić information content (AvgIpc) is 3.43. The van der Waals surface area contributed by atoms with Crippen LogP contribution in [0.1, 0.15) is 20.7 Å². The molecule has 9 nitrogen and oxygen atoms in total. The molecule has 2 aromatic heterocycles. The maximum absolute atomic E-state index is 12.1. The minimum atomic E-state index is -0.532. The molecule has 10 heteroatoms. The maximum atomic E-state index is 12.1. The quantitative estimate of drug-likeness (QED) is 0.291. The van der Waals surface area contributed by atoms with Crippen LogP contribution in [0.2, 0.25) is 0 Å². The van der Waals surface area contributed by atoms with Crippen molar-refractivity contribution in [1.29, 1.82) is 0 Å². The molecule has 0 aliphatic carbocycles. The zero-order valence-corrected chi connectivity index (χ0v) is 17.4. The lowest BCUT2D eigenvalue weighted by atomic mass is 9.96. The van der Waals surface area contributed by atoms with Crippen LogP contribution in [-0.2, 0) is 6.42 Å². The first-order chi connectivity index (χ1) is 15.5. The Kier molecular flexibility index (Phi) is 4.75. The Hall–Kier alpha value is -3.98. The second-order valence-corrected chi connectivity index (χ2v) is 7.67. The molecular weight excluding hydrogens is 434 g/mol. The number of nitrogens with one attached hydrogen (secondary N) is 1. The smallest absolute Gasteiger partial charge is 0.358 e. The monoisotopic (exact) mass is 449 g/mol. The molecule has 0 atom stereocenters. The number of alkyl halides is 1. The van der Waals surface area contributed by atoms with E-state index in [0.717, 1.165) is 10.9 Å². The van der Waals surface area contributed by atoms with Gasteiger partial charge in [-0.2, -0.15) is 0 Å². The van der Waals surface area contributed by atoms with E-state index in [1.807, 2.05) is 6.07 Å². The van der Waals surface area contributed by atoms with Gasteiger partial charge in [0.15, 0.2) is 0 Å². The summed E-state index contributed by atoms with van der Waals surface area (Å²) in [5.74, 6) is -0.880. The van der Waals surface area contributed by atoms with Crippen LogP contribution in [0.4, 0.5) is 5.82 Å². The summed E-state index contributed by atoms with van der Waals surface area (Å²) >= 11 is 5.70. The largest absolute Gasteiger partial charge is 0.398 e. The fraction of sp³-hybridized carbons (Fsp3) is 0.136. The van der Waals surface area contributed by atoms with Gasteiger partial charge in [0.1, 0.15) is 11.4 Å². The van der Waals surface area contributed by atoms with Crippen molar-refractivity contribution in [2.75, 3.05) is 12.4 Å². The van der Waals surface area contributed by atoms with Crippen LogP contribution >= 0.6 is 11.6 Å². The van der Waals surface area contributed by atoms with Crippen molar-refractivity contribution in [2.45, 2.75) is 6.42 Å². The number of carbonyl (C=O) groups excluding carboxylic acids is 2. The highest BCUT2D eigenvalue weighted by Crippen LogP contribution is 2.32. The van der Waals surface area contributed by atoms with E-state index in [2.05, 4.69) is 10.4 Å². The molecule has 0 saturated carbocycles. The Bertz CT molecular complexity index is 1420. The third kappa shape index (κ3) is 3.23. The molecule has 0 bridgehead atoms. The molecule has 0 radical (unpaired) electrons. The number of carbonyl (C=O) groups is 2. The Balaban J connectivity index is 1.62. The number of hydrogen-bond acceptors (Lipinski definition) is 5. The van der Waals surface area contributed by atoms with Crippen LogP contribution in [0, 0.1) is 10.1 Å². The zero-order chi connectivity index (χ0) is 22.4. The van der Waals surface area contributed by atoms with E-state index in [-0.39, 0.29) is 23.5 Å². The summed E-state index contributed by atoms with van der Waals surface area (Å²) < 4.78 is 2.86. The molecule has 0 spiro atoms. The van der Waals surface area contributed by atoms with Gasteiger partial charge in [0.2, 0.25) is 5.91 Å². The third-order valence-corrected chi connectivity index (χ3v) is 5.76. The molecule has 5 rings (SSSR count). The maximum Gasteiger partial charge on any atom is 0.398 e. The Morgan fingerprint density at radius 1 is 1.19 bits per heavy atom. The van der Waals surface area contributed by atoms with E-state index in [0.29, 0.717) is 40.9 Å². The molecule has 3 heterocycles. The number of amides is 1. The van der Waals surface area contributed by atoms with Crippen LogP contribution in [-0.4, -0.2) is 43.5 Å². The van der Waals surface area contributed by atoms with Gasteiger partial charge < -0.3 is 15.4 Å². The first kappa shape index (κ1) is 20.0. The van der Waals surface area contributed by atoms with E-state index in [1.165, 1.54) is 9.25 Å². The number of nitrogens with zero attached hydrogens (tertiary/aromatic N) is 4. The van der Waals surface area contributed by atoms with Crippen molar-refractivity contribution >= 4 is 40.1 Å². The first-order valence-corrected chi connectivity index (χ1v) is 10.4. The van der Waals surface area contributed by atoms with Crippen molar-refractivity contribution in [3.8, 4) is 16.8 Å². The standard InChI is InChI=1S/C22H16ClN5O4/c23-11-20(29)26-8-6-13-1-3-16(10-19(13)26)27-12-18(21(25-27)28(31)32)14-2-4-17-15(9-14)5-7-24-22(17)30/h1-4,6,8-10,12H,5,7,11H2,(H,24,30). The molecule has 4 aromatic rings. The van der Waals surface area contributed by atoms with Gasteiger partial charge in [-0.1, -0.05) is 12.1 Å². The molecule has 2 aromatic carbocycles. The molecule has 0 unspecified atom stereocenters. The van der Waals surface area contributed by atoms with Crippen LogP contribution in [0.3, 0.4) is 0 Å². The molecule has 32 heavy (non-hydrogen) atoms. The zero-order valence-electron chi connectivity index (χ0n) is 16.6. The molecule has 1 N–H and O–H groups in total. The van der Waals surface area contributed by atoms with Gasteiger partial charge in [-0.05, 0) is 52.8 Å². The molecule has 160 valence electrons. The van der Waals surface area contributed by atoms with Gasteiger partial charge in [0.05, 0.1) is 22.5 Å². The van der Waals surface area contributed by atoms with Gasteiger partial charge >= 0.3 is 5.82 Å². The lowest BCUT2D eigenvalue weighted by Crippen LogP contribution is -2.31. The third-order valence-electron chi connectivity index (χ3n) is 5.53. The summed E-state index contributed by atoms with van der Waals surface area (Å²) in [5, 5.41) is 19.5. The first-order valence-electron chi connectivity index (χ1n) is 9.82. The van der Waals surface area contributed by atoms with Gasteiger partial charge in [-0.25, -0.2) is 0 Å². The molecule has 1 aliphatic rings. The van der Waals surface area contributed by atoms with E-state index in [4.69, 9.17) is 11.6 Å². The Morgan fingerprint density at radius 2 is 2.03 bits per heavy atom. The number of fused-ring (bicyclic) bond motifs is 2. The average molecular weight is 450 g/mol. The second kappa shape index (κ2) is 7.61. The van der Waals surface area contributed by atoms with E-state index in [1.54, 1.807) is 48.8 Å². The van der Waals surface area contributed by atoms with Crippen LogP contribution in [0.5, 0.6) is 0 Å². The summed E-state index contributed by atoms with van der Waals surface area (Å²) in [6.45, 7) is 0.525. The van der Waals surface area contributed by atoms with Crippen molar-refractivity contribution in [2.24, 2.45) is 0 Å². The molecule has 0 fully saturated rings. The van der Waals surface area contributed by atoms with Crippen molar-refractivity contribution in [3.05, 3.63) is 76.1 Å². The van der Waals surface area contributed by atoms with Gasteiger partial charge in [-0.3, -0.25) is 14.2 Å². The summed E-state index contributed by atoms with van der Waals surface area (Å²) in [6, 6.07) is 12.3. The number of nitro groups is 1. The molecule has 1 amide bonds. The summed E-state index contributed by atoms with van der Waals surface area (Å²) in [6.07, 6.45) is 3.87. The number of rotatable bonds is 4. The highest BCUT2D eigenvalue weighted by atomic mass is 35.5. The van der Waals surface area contributed by atoms with Crippen LogP contribution in [0.25, 0.3) is 27.7 Å². The fourth-order valence-corrected chi connectivity index (χ4v) is 4.10. The van der Waals surface area contributed by atoms with Gasteiger partial charge in [0, 0.05) is 23.7 Å². The normalized spacial score (nSPS) is 13.1. The minimum absolute atomic E-state index is 0.147. The summed E-state index contributed by atoms with van der Waals surface area (Å²) in [4.78, 5) is 35.3. The molecular formula is C22H16ClN5O4. The lowest BCUT2D eigenvalue weighted by Gasteiger charge is -2.16. The summed E-state index contributed by atoms with van der Waals surface area (Å²) in [7, 11) is 0. The van der Waals surface area contributed by atoms with E-state index >= 15 is 0 Å². The second-order valence-electron chi connectivity index (χ2n) is 7.40. The highest BCUT2D eigenvalue weighted by molar-refractivity contribution is 6.28. The van der Waals surface area contributed by atoms with Crippen LogP contribution < -0.4 is 5.32 Å². The van der Waals surface area contributed by atoms with E-state index in [9.17, 15) is 19.7 Å². The van der Waals surface area contributed by atoms with Gasteiger partial charge in [-0.15, -0.1) is 16.3 Å². The molecule has 0 saturated heterocycles. The SMILES string of the molecule is O=C1NCCc2cc(-c3cn(-c4ccc5ccn(C(=O)CCl)c5c4)nc3[N+](=O)[O-])ccc21. The number of benzene rings is 2. The highest BCUT2D eigenvalue weighted by Gasteiger charge is 2.25. The van der Waals surface area contributed by atoms with Crippen LogP contribution in [0.15, 0.2) is 54.9 Å². The molecule has 1 aliphatic heterocycles. The van der Waals surface area contributed by atoms with Crippen molar-refractivity contribution in [3.63, 3.8) is 0 Å². The Labute approximate surface area is 186 Å². The number of aromatic nitrogens is 3. The Morgan fingerprint density at radius 3 is 2.81 bits per heavy atom. The summed E-state index contributed by atoms with van der Waals surface area (Å²) in [5.41, 5.74) is 3.56. The van der Waals surface area contributed by atoms with Gasteiger partial charge in [0.25, 0.3) is 5.91 Å². The predicted octanol–water partition coefficient (Wildman–Crippen LogP) is 3.57. The fourth-order valence-electron chi connectivity index (χ4n) is 3.97. The topological polar surface area (TPSA) is 112 Å². The minimum Gasteiger partial charge on any atom is -0.358 e. The lowest BCUT2D eigenvalue weighted by molar-refractivity contribution is -0.389.